The molecule has 1 aromatic heterocycles. The van der Waals surface area contributed by atoms with Crippen LogP contribution in [0.25, 0.3) is 10.9 Å². The van der Waals surface area contributed by atoms with Crippen LogP contribution in [0.1, 0.15) is 80.4 Å². The van der Waals surface area contributed by atoms with Crippen LogP contribution < -0.4 is 11.1 Å². The molecular weight excluding hydrogens is 454 g/mol. The molecule has 0 spiro atoms. The predicted molar refractivity (Wildman–Crippen MR) is 147 cm³/mol. The van der Waals surface area contributed by atoms with Crippen LogP contribution in [-0.4, -0.2) is 22.6 Å². The summed E-state index contributed by atoms with van der Waals surface area (Å²) in [5.41, 5.74) is 11.1. The quantitative estimate of drug-likeness (QED) is 0.396. The van der Waals surface area contributed by atoms with Crippen LogP contribution in [0.5, 0.6) is 0 Å². The van der Waals surface area contributed by atoms with Gasteiger partial charge in [0, 0.05) is 48.1 Å². The van der Waals surface area contributed by atoms with Crippen LogP contribution in [0.3, 0.4) is 0 Å². The van der Waals surface area contributed by atoms with Crippen molar-refractivity contribution < 1.29 is 4.79 Å². The third-order valence-corrected chi connectivity index (χ3v) is 8.10. The summed E-state index contributed by atoms with van der Waals surface area (Å²) >= 11 is 0. The maximum Gasteiger partial charge on any atom is 0.221 e. The number of aromatic nitrogens is 1. The molecule has 0 aliphatic heterocycles. The van der Waals surface area contributed by atoms with Gasteiger partial charge in [0.25, 0.3) is 0 Å². The zero-order valence-corrected chi connectivity index (χ0v) is 21.7. The summed E-state index contributed by atoms with van der Waals surface area (Å²) in [7, 11) is 0. The number of halogens is 1. The van der Waals surface area contributed by atoms with Crippen molar-refractivity contribution in [1.29, 1.82) is 0 Å². The first-order valence-corrected chi connectivity index (χ1v) is 13.3. The fraction of sp³-hybridized carbons (Fsp3) is 0.500. The second-order valence-electron chi connectivity index (χ2n) is 10.8. The molecule has 0 bridgehead atoms. The number of hydrogen-bond donors (Lipinski definition) is 2. The van der Waals surface area contributed by atoms with Gasteiger partial charge in [0.1, 0.15) is 0 Å². The standard InChI is InChI=1S/C30H39N3O.ClH/c1-21-7-6-10-23(17-21)27(18-30(34)32-25-15-13-24(31)14-16-25)28-20-33(19-22-8-2-3-9-22)29-12-5-4-11-26(28)29;/h4-7,10-12,17,20,22,24-25,27H,2-3,8-9,13-16,18-19,31H2,1H3,(H,32,34);1H. The molecular formula is C30H40ClN3O. The molecule has 2 aliphatic rings. The Morgan fingerprint density at radius 1 is 1.03 bits per heavy atom. The Morgan fingerprint density at radius 2 is 1.77 bits per heavy atom. The zero-order chi connectivity index (χ0) is 23.5. The Bertz CT molecular complexity index is 1130. The fourth-order valence-electron chi connectivity index (χ4n) is 6.20. The van der Waals surface area contributed by atoms with Crippen LogP contribution in [0, 0.1) is 12.8 Å². The van der Waals surface area contributed by atoms with E-state index in [2.05, 4.69) is 71.5 Å². The highest BCUT2D eigenvalue weighted by Crippen LogP contribution is 2.37. The number of nitrogens with two attached hydrogens (primary N) is 1. The summed E-state index contributed by atoms with van der Waals surface area (Å²) in [4.78, 5) is 13.3. The van der Waals surface area contributed by atoms with Crippen LogP contribution in [0.4, 0.5) is 0 Å². The Balaban J connectivity index is 0.00000289. The number of benzene rings is 2. The van der Waals surface area contributed by atoms with Crippen LogP contribution >= 0.6 is 12.4 Å². The molecule has 2 fully saturated rings. The van der Waals surface area contributed by atoms with Gasteiger partial charge >= 0.3 is 0 Å². The molecule has 5 heteroatoms. The fourth-order valence-corrected chi connectivity index (χ4v) is 6.20. The van der Waals surface area contributed by atoms with Crippen molar-refractivity contribution in [3.63, 3.8) is 0 Å². The Hall–Kier alpha value is -2.30. The van der Waals surface area contributed by atoms with Gasteiger partial charge in [-0.3, -0.25) is 4.79 Å². The first-order chi connectivity index (χ1) is 16.6. The molecule has 4 nitrogen and oxygen atoms in total. The molecule has 1 heterocycles. The maximum atomic E-state index is 13.3. The minimum Gasteiger partial charge on any atom is -0.353 e. The van der Waals surface area contributed by atoms with Gasteiger partial charge < -0.3 is 15.6 Å². The highest BCUT2D eigenvalue weighted by molar-refractivity contribution is 5.87. The number of aryl methyl sites for hydroxylation is 1. The predicted octanol–water partition coefficient (Wildman–Crippen LogP) is 6.47. The molecule has 1 unspecified atom stereocenters. The van der Waals surface area contributed by atoms with Crippen molar-refractivity contribution in [2.24, 2.45) is 11.7 Å². The van der Waals surface area contributed by atoms with E-state index in [1.807, 2.05) is 0 Å². The van der Waals surface area contributed by atoms with Crippen LogP contribution in [0.15, 0.2) is 54.7 Å². The second kappa shape index (κ2) is 11.6. The van der Waals surface area contributed by atoms with Gasteiger partial charge in [-0.25, -0.2) is 0 Å². The molecule has 1 amide bonds. The van der Waals surface area contributed by atoms with Gasteiger partial charge in [0.05, 0.1) is 0 Å². The number of carbonyl (C=O) groups excluding carboxylic acids is 1. The number of fused-ring (bicyclic) bond motifs is 1. The first-order valence-electron chi connectivity index (χ1n) is 13.3. The molecule has 2 aromatic carbocycles. The molecule has 0 saturated heterocycles. The minimum atomic E-state index is 0. The van der Waals surface area contributed by atoms with Gasteiger partial charge in [0.15, 0.2) is 0 Å². The van der Waals surface area contributed by atoms with E-state index in [-0.39, 0.29) is 30.3 Å². The van der Waals surface area contributed by atoms with Crippen molar-refractivity contribution in [3.8, 4) is 0 Å². The molecule has 0 radical (unpaired) electrons. The third kappa shape index (κ3) is 6.10. The summed E-state index contributed by atoms with van der Waals surface area (Å²) in [5.74, 6) is 0.960. The lowest BCUT2D eigenvalue weighted by Crippen LogP contribution is -2.40. The monoisotopic (exact) mass is 493 g/mol. The maximum absolute atomic E-state index is 13.3. The first kappa shape index (κ1) is 25.8. The van der Waals surface area contributed by atoms with Crippen molar-refractivity contribution in [2.45, 2.75) is 89.3 Å². The summed E-state index contributed by atoms with van der Waals surface area (Å²) in [6.45, 7) is 3.21. The molecule has 3 aromatic rings. The summed E-state index contributed by atoms with van der Waals surface area (Å²) in [6, 6.07) is 18.0. The second-order valence-corrected chi connectivity index (χ2v) is 10.8. The van der Waals surface area contributed by atoms with E-state index in [1.54, 1.807) is 0 Å². The van der Waals surface area contributed by atoms with Crippen molar-refractivity contribution in [3.05, 3.63) is 71.4 Å². The number of nitrogens with one attached hydrogen (secondary N) is 1. The average molecular weight is 494 g/mol. The normalized spacial score (nSPS) is 21.5. The number of nitrogens with zero attached hydrogens (tertiary/aromatic N) is 1. The van der Waals surface area contributed by atoms with Crippen molar-refractivity contribution >= 4 is 29.2 Å². The lowest BCUT2D eigenvalue weighted by Gasteiger charge is -2.27. The van der Waals surface area contributed by atoms with Gasteiger partial charge in [-0.15, -0.1) is 12.4 Å². The SMILES string of the molecule is Cc1cccc(C(CC(=O)NC2CCC(N)CC2)c2cn(CC3CCCC3)c3ccccc23)c1.Cl. The van der Waals surface area contributed by atoms with E-state index in [9.17, 15) is 4.79 Å². The van der Waals surface area contributed by atoms with E-state index >= 15 is 0 Å². The molecule has 35 heavy (non-hydrogen) atoms. The molecule has 188 valence electrons. The number of carbonyl (C=O) groups is 1. The van der Waals surface area contributed by atoms with Crippen molar-refractivity contribution in [2.75, 3.05) is 0 Å². The van der Waals surface area contributed by atoms with Gasteiger partial charge in [-0.1, -0.05) is 60.9 Å². The summed E-state index contributed by atoms with van der Waals surface area (Å²) < 4.78 is 2.46. The Kier molecular flexibility index (Phi) is 8.56. The largest absolute Gasteiger partial charge is 0.353 e. The molecule has 1 atom stereocenters. The molecule has 2 aliphatic carbocycles. The zero-order valence-electron chi connectivity index (χ0n) is 20.9. The van der Waals surface area contributed by atoms with E-state index in [4.69, 9.17) is 5.73 Å². The number of hydrogen-bond acceptors (Lipinski definition) is 2. The van der Waals surface area contributed by atoms with Crippen LogP contribution in [0.2, 0.25) is 0 Å². The van der Waals surface area contributed by atoms with Gasteiger partial charge in [0.2, 0.25) is 5.91 Å². The Morgan fingerprint density at radius 3 is 2.51 bits per heavy atom. The Labute approximate surface area is 216 Å². The van der Waals surface area contributed by atoms with Crippen molar-refractivity contribution in [1.82, 2.24) is 9.88 Å². The smallest absolute Gasteiger partial charge is 0.221 e. The number of para-hydroxylation sites is 1. The van der Waals surface area contributed by atoms with E-state index in [0.29, 0.717) is 12.5 Å². The average Bonchev–Trinajstić information content (AvgIpc) is 3.48. The van der Waals surface area contributed by atoms with E-state index < -0.39 is 0 Å². The highest BCUT2D eigenvalue weighted by atomic mass is 35.5. The summed E-state index contributed by atoms with van der Waals surface area (Å²) in [5, 5.41) is 4.62. The molecule has 3 N–H and O–H groups in total. The van der Waals surface area contributed by atoms with E-state index in [0.717, 1.165) is 38.1 Å². The lowest BCUT2D eigenvalue weighted by molar-refractivity contribution is -0.122. The summed E-state index contributed by atoms with van der Waals surface area (Å²) in [6.07, 6.45) is 12.2. The van der Waals surface area contributed by atoms with Gasteiger partial charge in [-0.05, 0) is 68.6 Å². The number of amides is 1. The third-order valence-electron chi connectivity index (χ3n) is 8.10. The topological polar surface area (TPSA) is 60.1 Å². The van der Waals surface area contributed by atoms with Gasteiger partial charge in [-0.2, -0.15) is 0 Å². The number of rotatable bonds is 7. The molecule has 2 saturated carbocycles. The minimum absolute atomic E-state index is 0. The highest BCUT2D eigenvalue weighted by Gasteiger charge is 2.26. The van der Waals surface area contributed by atoms with E-state index in [1.165, 1.54) is 53.3 Å². The van der Waals surface area contributed by atoms with Crippen LogP contribution in [-0.2, 0) is 11.3 Å². The lowest BCUT2D eigenvalue weighted by atomic mass is 9.86. The molecule has 5 rings (SSSR count).